The number of likely N-dealkylation sites (tertiary alicyclic amines) is 1. The molecule has 1 aromatic carbocycles. The molecule has 1 heterocycles. The van der Waals surface area contributed by atoms with Gasteiger partial charge in [-0.3, -0.25) is 4.79 Å². The Bertz CT molecular complexity index is 489. The van der Waals surface area contributed by atoms with Crippen LogP contribution in [0.15, 0.2) is 24.3 Å². The number of hydrogen-bond acceptors (Lipinski definition) is 2. The lowest BCUT2D eigenvalue weighted by Crippen LogP contribution is -2.42. The van der Waals surface area contributed by atoms with E-state index in [-0.39, 0.29) is 11.9 Å². The van der Waals surface area contributed by atoms with Crippen molar-refractivity contribution in [3.05, 3.63) is 35.4 Å². The second-order valence-corrected chi connectivity index (χ2v) is 5.29. The highest BCUT2D eigenvalue weighted by Crippen LogP contribution is 2.13. The average Bonchev–Trinajstić information content (AvgIpc) is 2.58. The van der Waals surface area contributed by atoms with E-state index in [1.807, 2.05) is 43.0 Å². The van der Waals surface area contributed by atoms with Crippen LogP contribution in [-0.4, -0.2) is 29.9 Å². The second kappa shape index (κ2) is 12.7. The molecule has 1 aliphatic heterocycles. The van der Waals surface area contributed by atoms with Gasteiger partial charge in [-0.2, -0.15) is 0 Å². The first-order valence-corrected chi connectivity index (χ1v) is 8.70. The molecule has 128 valence electrons. The molecule has 0 bridgehead atoms. The molecule has 3 nitrogen and oxygen atoms in total. The molecule has 0 aromatic heterocycles. The Morgan fingerprint density at radius 3 is 2.09 bits per heavy atom. The van der Waals surface area contributed by atoms with Gasteiger partial charge in [0, 0.05) is 30.3 Å². The van der Waals surface area contributed by atoms with E-state index in [1.54, 1.807) is 6.92 Å². The van der Waals surface area contributed by atoms with Crippen molar-refractivity contribution in [1.82, 2.24) is 4.90 Å². The Morgan fingerprint density at radius 2 is 1.65 bits per heavy atom. The molecule has 1 fully saturated rings. The van der Waals surface area contributed by atoms with E-state index in [2.05, 4.69) is 25.7 Å². The van der Waals surface area contributed by atoms with Gasteiger partial charge < -0.3 is 10.6 Å². The van der Waals surface area contributed by atoms with Gasteiger partial charge in [-0.15, -0.1) is 5.92 Å². The maximum atomic E-state index is 12.2. The van der Waals surface area contributed by atoms with E-state index < -0.39 is 0 Å². The molecule has 2 N–H and O–H groups in total. The number of amides is 1. The number of rotatable bonds is 1. The summed E-state index contributed by atoms with van der Waals surface area (Å²) in [7, 11) is 0. The summed E-state index contributed by atoms with van der Waals surface area (Å²) in [6.45, 7) is 11.6. The van der Waals surface area contributed by atoms with Crippen LogP contribution in [0, 0.1) is 11.8 Å². The van der Waals surface area contributed by atoms with Crippen LogP contribution in [0.1, 0.15) is 69.8 Å². The van der Waals surface area contributed by atoms with Gasteiger partial charge in [0.2, 0.25) is 0 Å². The maximum absolute atomic E-state index is 12.2. The van der Waals surface area contributed by atoms with Crippen molar-refractivity contribution in [2.45, 2.75) is 59.9 Å². The van der Waals surface area contributed by atoms with Crippen LogP contribution >= 0.6 is 0 Å². The van der Waals surface area contributed by atoms with Gasteiger partial charge in [-0.1, -0.05) is 40.0 Å². The first-order chi connectivity index (χ1) is 11.1. The molecule has 0 unspecified atom stereocenters. The molecule has 1 aliphatic rings. The molecule has 1 saturated heterocycles. The Balaban J connectivity index is 0.000000868. The Morgan fingerprint density at radius 1 is 1.17 bits per heavy atom. The molecule has 0 aliphatic carbocycles. The number of nitrogens with zero attached hydrogens (tertiary/aromatic N) is 1. The van der Waals surface area contributed by atoms with Crippen molar-refractivity contribution in [3.63, 3.8) is 0 Å². The molecular weight excluding hydrogens is 284 g/mol. The first kappa shape index (κ1) is 21.2. The van der Waals surface area contributed by atoms with Crippen molar-refractivity contribution >= 4 is 5.91 Å². The summed E-state index contributed by atoms with van der Waals surface area (Å²) in [6.07, 6.45) is 3.04. The quantitative estimate of drug-likeness (QED) is 0.794. The summed E-state index contributed by atoms with van der Waals surface area (Å²) in [6, 6.07) is 7.71. The molecular formula is C20H32N2O. The zero-order valence-electron chi connectivity index (χ0n) is 15.4. The number of nitrogens with two attached hydrogens (primary N) is 1. The standard InChI is InChI=1S/C15H18N2O.C3H8.C2H6/c1-2-3-12-4-6-13(7-5-12)15(18)17-10-8-14(16)9-11-17;1-3-2;1-2/h4-7,14H,8-11,16H2,1H3;3H2,1-2H3;1-2H3. The number of benzene rings is 1. The fourth-order valence-corrected chi connectivity index (χ4v) is 2.13. The van der Waals surface area contributed by atoms with E-state index in [9.17, 15) is 4.79 Å². The van der Waals surface area contributed by atoms with Crippen LogP contribution in [0.2, 0.25) is 0 Å². The largest absolute Gasteiger partial charge is 0.339 e. The summed E-state index contributed by atoms with van der Waals surface area (Å²) >= 11 is 0. The van der Waals surface area contributed by atoms with Crippen molar-refractivity contribution in [2.75, 3.05) is 13.1 Å². The lowest BCUT2D eigenvalue weighted by molar-refractivity contribution is 0.0715. The summed E-state index contributed by atoms with van der Waals surface area (Å²) in [5.41, 5.74) is 7.50. The summed E-state index contributed by atoms with van der Waals surface area (Å²) < 4.78 is 0. The summed E-state index contributed by atoms with van der Waals surface area (Å²) in [5.74, 6) is 5.90. The van der Waals surface area contributed by atoms with E-state index in [1.165, 1.54) is 6.42 Å². The van der Waals surface area contributed by atoms with E-state index in [0.717, 1.165) is 37.1 Å². The van der Waals surface area contributed by atoms with Gasteiger partial charge in [0.25, 0.3) is 5.91 Å². The molecule has 0 atom stereocenters. The number of piperidine rings is 1. The zero-order valence-corrected chi connectivity index (χ0v) is 15.4. The predicted molar refractivity (Wildman–Crippen MR) is 99.4 cm³/mol. The molecule has 0 radical (unpaired) electrons. The van der Waals surface area contributed by atoms with Crippen LogP contribution < -0.4 is 5.73 Å². The molecule has 1 aromatic rings. The molecule has 0 saturated carbocycles. The van der Waals surface area contributed by atoms with Crippen molar-refractivity contribution in [3.8, 4) is 11.8 Å². The van der Waals surface area contributed by atoms with E-state index in [0.29, 0.717) is 0 Å². The van der Waals surface area contributed by atoms with Gasteiger partial charge >= 0.3 is 0 Å². The number of hydrogen-bond donors (Lipinski definition) is 1. The molecule has 23 heavy (non-hydrogen) atoms. The van der Waals surface area contributed by atoms with Gasteiger partial charge in [0.15, 0.2) is 0 Å². The number of carbonyl (C=O) groups is 1. The van der Waals surface area contributed by atoms with Crippen LogP contribution in [0.5, 0.6) is 0 Å². The van der Waals surface area contributed by atoms with Gasteiger partial charge in [-0.05, 0) is 44.0 Å². The molecule has 0 spiro atoms. The minimum absolute atomic E-state index is 0.0953. The van der Waals surface area contributed by atoms with E-state index >= 15 is 0 Å². The molecule has 1 amide bonds. The molecule has 3 heteroatoms. The third-order valence-corrected chi connectivity index (χ3v) is 3.23. The van der Waals surface area contributed by atoms with Gasteiger partial charge in [-0.25, -0.2) is 0 Å². The highest BCUT2D eigenvalue weighted by Gasteiger charge is 2.21. The second-order valence-electron chi connectivity index (χ2n) is 5.29. The van der Waals surface area contributed by atoms with Crippen LogP contribution in [0.4, 0.5) is 0 Å². The summed E-state index contributed by atoms with van der Waals surface area (Å²) in [5, 5.41) is 0. The third-order valence-electron chi connectivity index (χ3n) is 3.23. The lowest BCUT2D eigenvalue weighted by atomic mass is 10.0. The monoisotopic (exact) mass is 316 g/mol. The SMILES string of the molecule is CC.CC#Cc1ccc(C(=O)N2CCC(N)CC2)cc1.CCC. The minimum Gasteiger partial charge on any atom is -0.339 e. The maximum Gasteiger partial charge on any atom is 0.253 e. The minimum atomic E-state index is 0.0953. The third kappa shape index (κ3) is 7.85. The summed E-state index contributed by atoms with van der Waals surface area (Å²) in [4.78, 5) is 14.1. The highest BCUT2D eigenvalue weighted by molar-refractivity contribution is 5.94. The van der Waals surface area contributed by atoms with Crippen molar-refractivity contribution in [2.24, 2.45) is 5.73 Å². The van der Waals surface area contributed by atoms with Crippen LogP contribution in [0.3, 0.4) is 0 Å². The van der Waals surface area contributed by atoms with Gasteiger partial charge in [0.05, 0.1) is 0 Å². The Kier molecular flexibility index (Phi) is 11.7. The Labute approximate surface area is 142 Å². The Hall–Kier alpha value is -1.79. The van der Waals surface area contributed by atoms with Crippen LogP contribution in [0.25, 0.3) is 0 Å². The van der Waals surface area contributed by atoms with Crippen molar-refractivity contribution in [1.29, 1.82) is 0 Å². The topological polar surface area (TPSA) is 46.3 Å². The fourth-order valence-electron chi connectivity index (χ4n) is 2.13. The van der Waals surface area contributed by atoms with Gasteiger partial charge in [0.1, 0.15) is 0 Å². The lowest BCUT2D eigenvalue weighted by Gasteiger charge is -2.30. The normalized spacial score (nSPS) is 13.6. The average molecular weight is 316 g/mol. The highest BCUT2D eigenvalue weighted by atomic mass is 16.2. The number of carbonyl (C=O) groups excluding carboxylic acids is 1. The fraction of sp³-hybridized carbons (Fsp3) is 0.550. The smallest absolute Gasteiger partial charge is 0.253 e. The van der Waals surface area contributed by atoms with E-state index in [4.69, 9.17) is 5.73 Å². The zero-order chi connectivity index (χ0) is 17.7. The van der Waals surface area contributed by atoms with Crippen LogP contribution in [-0.2, 0) is 0 Å². The first-order valence-electron chi connectivity index (χ1n) is 8.70. The predicted octanol–water partition coefficient (Wildman–Crippen LogP) is 4.06. The molecule has 2 rings (SSSR count). The van der Waals surface area contributed by atoms with Crippen molar-refractivity contribution < 1.29 is 4.79 Å².